The van der Waals surface area contributed by atoms with Gasteiger partial charge in [0.15, 0.2) is 0 Å². The molecule has 104 valence electrons. The molecule has 0 N–H and O–H groups in total. The topological polar surface area (TPSA) is 3.24 Å². The Morgan fingerprint density at radius 3 is 2.06 bits per heavy atom. The Labute approximate surface area is 110 Å². The summed E-state index contributed by atoms with van der Waals surface area (Å²) in [6, 6.07) is 0. The highest BCUT2D eigenvalue weighted by Crippen LogP contribution is 2.22. The van der Waals surface area contributed by atoms with Gasteiger partial charge in [0.05, 0.1) is 0 Å². The Balaban J connectivity index is 3.90. The number of hydrogen-bond acceptors (Lipinski definition) is 1. The largest absolute Gasteiger partial charge is 0.309 e. The molecule has 0 amide bonds. The van der Waals surface area contributed by atoms with Gasteiger partial charge in [-0.15, -0.1) is 0 Å². The zero-order valence-electron chi connectivity index (χ0n) is 13.0. The normalized spacial score (nSPS) is 15.2. The van der Waals surface area contributed by atoms with Gasteiger partial charge >= 0.3 is 0 Å². The van der Waals surface area contributed by atoms with E-state index in [0.29, 0.717) is 0 Å². The highest BCUT2D eigenvalue weighted by molar-refractivity contribution is 4.67. The molecule has 0 aliphatic rings. The van der Waals surface area contributed by atoms with Crippen molar-refractivity contribution in [3.63, 3.8) is 0 Å². The second-order valence-electron chi connectivity index (χ2n) is 6.11. The Morgan fingerprint density at radius 2 is 1.53 bits per heavy atom. The van der Waals surface area contributed by atoms with Crippen molar-refractivity contribution in [2.75, 3.05) is 20.6 Å². The van der Waals surface area contributed by atoms with E-state index >= 15 is 0 Å². The second kappa shape index (κ2) is 11.1. The number of unbranched alkanes of at least 4 members (excludes halogenated alkanes) is 3. The van der Waals surface area contributed by atoms with Gasteiger partial charge in [-0.3, -0.25) is 0 Å². The summed E-state index contributed by atoms with van der Waals surface area (Å²) in [5, 5.41) is 0. The molecule has 0 aromatic rings. The first-order valence-electron chi connectivity index (χ1n) is 7.74. The third-order valence-corrected chi connectivity index (χ3v) is 3.63. The minimum atomic E-state index is 0.918. The van der Waals surface area contributed by atoms with Crippen molar-refractivity contribution in [1.29, 1.82) is 0 Å². The first-order chi connectivity index (χ1) is 8.10. The molecule has 0 aromatic heterocycles. The van der Waals surface area contributed by atoms with Crippen LogP contribution in [0.3, 0.4) is 0 Å². The molecule has 0 bridgehead atoms. The van der Waals surface area contributed by atoms with Crippen LogP contribution in [0.25, 0.3) is 0 Å². The lowest BCUT2D eigenvalue weighted by Gasteiger charge is -2.24. The SMILES string of the molecule is CCCCCC(CC(C)CCCC)CN(C)C. The van der Waals surface area contributed by atoms with E-state index in [1.807, 2.05) is 0 Å². The first kappa shape index (κ1) is 17.0. The van der Waals surface area contributed by atoms with Crippen LogP contribution in [0, 0.1) is 11.8 Å². The van der Waals surface area contributed by atoms with Gasteiger partial charge in [0, 0.05) is 6.54 Å². The molecule has 0 aliphatic heterocycles. The Hall–Kier alpha value is -0.0400. The van der Waals surface area contributed by atoms with Crippen LogP contribution in [0.5, 0.6) is 0 Å². The number of hydrogen-bond donors (Lipinski definition) is 0. The van der Waals surface area contributed by atoms with E-state index in [2.05, 4.69) is 39.8 Å². The fraction of sp³-hybridized carbons (Fsp3) is 1.00. The standard InChI is InChI=1S/C16H35N/c1-6-8-10-12-16(14-17(4)5)13-15(3)11-9-7-2/h15-16H,6-14H2,1-5H3. The maximum absolute atomic E-state index is 2.44. The van der Waals surface area contributed by atoms with E-state index in [9.17, 15) is 0 Å². The van der Waals surface area contributed by atoms with Crippen molar-refractivity contribution in [2.45, 2.75) is 72.1 Å². The van der Waals surface area contributed by atoms with Crippen LogP contribution in [0.15, 0.2) is 0 Å². The van der Waals surface area contributed by atoms with E-state index in [-0.39, 0.29) is 0 Å². The number of rotatable bonds is 11. The van der Waals surface area contributed by atoms with E-state index in [0.717, 1.165) is 11.8 Å². The van der Waals surface area contributed by atoms with Gasteiger partial charge in [-0.25, -0.2) is 0 Å². The monoisotopic (exact) mass is 241 g/mol. The van der Waals surface area contributed by atoms with Crippen LogP contribution in [-0.2, 0) is 0 Å². The molecule has 2 atom stereocenters. The van der Waals surface area contributed by atoms with Crippen molar-refractivity contribution in [1.82, 2.24) is 4.90 Å². The van der Waals surface area contributed by atoms with Crippen molar-refractivity contribution >= 4 is 0 Å². The van der Waals surface area contributed by atoms with Crippen LogP contribution in [0.2, 0.25) is 0 Å². The molecule has 0 rings (SSSR count). The molecule has 0 heterocycles. The lowest BCUT2D eigenvalue weighted by Crippen LogP contribution is -2.23. The van der Waals surface area contributed by atoms with Gasteiger partial charge in [0.1, 0.15) is 0 Å². The Morgan fingerprint density at radius 1 is 0.882 bits per heavy atom. The first-order valence-corrected chi connectivity index (χ1v) is 7.74. The van der Waals surface area contributed by atoms with Crippen molar-refractivity contribution in [3.8, 4) is 0 Å². The molecule has 17 heavy (non-hydrogen) atoms. The molecule has 0 saturated heterocycles. The summed E-state index contributed by atoms with van der Waals surface area (Å²) in [6.45, 7) is 8.31. The summed E-state index contributed by atoms with van der Waals surface area (Å²) >= 11 is 0. The van der Waals surface area contributed by atoms with Gasteiger partial charge in [0.2, 0.25) is 0 Å². The third kappa shape index (κ3) is 10.8. The van der Waals surface area contributed by atoms with Crippen molar-refractivity contribution in [3.05, 3.63) is 0 Å². The summed E-state index contributed by atoms with van der Waals surface area (Å²) in [7, 11) is 4.42. The lowest BCUT2D eigenvalue weighted by atomic mass is 9.88. The molecular formula is C16H35N. The molecule has 1 heteroatoms. The maximum Gasteiger partial charge on any atom is 0.000366 e. The molecule has 0 saturated carbocycles. The fourth-order valence-corrected chi connectivity index (χ4v) is 2.72. The molecule has 0 aliphatic carbocycles. The minimum Gasteiger partial charge on any atom is -0.309 e. The predicted molar refractivity (Wildman–Crippen MR) is 79.5 cm³/mol. The third-order valence-electron chi connectivity index (χ3n) is 3.63. The van der Waals surface area contributed by atoms with Gasteiger partial charge in [0.25, 0.3) is 0 Å². The van der Waals surface area contributed by atoms with Crippen LogP contribution < -0.4 is 0 Å². The summed E-state index contributed by atoms with van der Waals surface area (Å²) in [6.07, 6.45) is 11.2. The highest BCUT2D eigenvalue weighted by atomic mass is 15.1. The molecule has 0 spiro atoms. The van der Waals surface area contributed by atoms with Gasteiger partial charge in [-0.2, -0.15) is 0 Å². The van der Waals surface area contributed by atoms with E-state index in [1.165, 1.54) is 57.9 Å². The Kier molecular flexibility index (Phi) is 11.0. The highest BCUT2D eigenvalue weighted by Gasteiger charge is 2.13. The number of nitrogens with zero attached hydrogens (tertiary/aromatic N) is 1. The zero-order valence-corrected chi connectivity index (χ0v) is 13.0. The average molecular weight is 241 g/mol. The van der Waals surface area contributed by atoms with E-state index < -0.39 is 0 Å². The maximum atomic E-state index is 2.44. The van der Waals surface area contributed by atoms with Crippen LogP contribution in [0.4, 0.5) is 0 Å². The molecule has 0 aromatic carbocycles. The summed E-state index contributed by atoms with van der Waals surface area (Å²) in [5.74, 6) is 1.84. The zero-order chi connectivity index (χ0) is 13.1. The van der Waals surface area contributed by atoms with Gasteiger partial charge in [-0.1, -0.05) is 59.3 Å². The minimum absolute atomic E-state index is 0.918. The molecular weight excluding hydrogens is 206 g/mol. The van der Waals surface area contributed by atoms with Crippen LogP contribution >= 0.6 is 0 Å². The Bertz CT molecular complexity index is 154. The second-order valence-corrected chi connectivity index (χ2v) is 6.11. The van der Waals surface area contributed by atoms with Gasteiger partial charge in [-0.05, 0) is 38.8 Å². The van der Waals surface area contributed by atoms with Crippen molar-refractivity contribution in [2.24, 2.45) is 11.8 Å². The van der Waals surface area contributed by atoms with E-state index in [4.69, 9.17) is 0 Å². The van der Waals surface area contributed by atoms with Crippen LogP contribution in [0.1, 0.15) is 72.1 Å². The molecule has 1 nitrogen and oxygen atoms in total. The molecule has 0 radical (unpaired) electrons. The fourth-order valence-electron chi connectivity index (χ4n) is 2.72. The summed E-state index contributed by atoms with van der Waals surface area (Å²) < 4.78 is 0. The van der Waals surface area contributed by atoms with Gasteiger partial charge < -0.3 is 4.90 Å². The quantitative estimate of drug-likeness (QED) is 0.462. The molecule has 0 fully saturated rings. The van der Waals surface area contributed by atoms with Crippen LogP contribution in [-0.4, -0.2) is 25.5 Å². The summed E-state index contributed by atoms with van der Waals surface area (Å²) in [4.78, 5) is 2.36. The predicted octanol–water partition coefficient (Wildman–Crippen LogP) is 4.96. The summed E-state index contributed by atoms with van der Waals surface area (Å²) in [5.41, 5.74) is 0. The lowest BCUT2D eigenvalue weighted by molar-refractivity contribution is 0.260. The van der Waals surface area contributed by atoms with Crippen molar-refractivity contribution < 1.29 is 0 Å². The average Bonchev–Trinajstić information content (AvgIpc) is 2.25. The molecule has 2 unspecified atom stereocenters. The smallest absolute Gasteiger partial charge is 0.000366 e. The van der Waals surface area contributed by atoms with E-state index in [1.54, 1.807) is 0 Å².